The topological polar surface area (TPSA) is 64.2 Å². The summed E-state index contributed by atoms with van der Waals surface area (Å²) in [4.78, 5) is 14.3. The van der Waals surface area contributed by atoms with Crippen LogP contribution in [0.1, 0.15) is 13.8 Å². The number of aromatic nitrogens is 3. The summed E-state index contributed by atoms with van der Waals surface area (Å²) in [6.45, 7) is 8.99. The number of carbonyl (C=O) groups is 1. The summed E-state index contributed by atoms with van der Waals surface area (Å²) in [6, 6.07) is 13.5. The Bertz CT molecular complexity index is 903. The van der Waals surface area contributed by atoms with E-state index in [2.05, 4.69) is 16.8 Å². The van der Waals surface area contributed by atoms with Crippen LogP contribution < -0.4 is 0 Å². The summed E-state index contributed by atoms with van der Waals surface area (Å²) in [7, 11) is 0. The Morgan fingerprint density at radius 1 is 1.22 bits per heavy atom. The van der Waals surface area contributed by atoms with E-state index in [1.54, 1.807) is 11.2 Å². The smallest absolute Gasteiger partial charge is 0.233 e. The molecule has 27 heavy (non-hydrogen) atoms. The van der Waals surface area contributed by atoms with Gasteiger partial charge in [0.1, 0.15) is 0 Å². The van der Waals surface area contributed by atoms with Crippen LogP contribution in [0.5, 0.6) is 0 Å². The summed E-state index contributed by atoms with van der Waals surface area (Å²) in [5, 5.41) is 9.23. The third-order valence-electron chi connectivity index (χ3n) is 3.91. The Balaban J connectivity index is 1.86. The van der Waals surface area contributed by atoms with Gasteiger partial charge in [-0.05, 0) is 38.1 Å². The lowest BCUT2D eigenvalue weighted by molar-refractivity contribution is -0.127. The van der Waals surface area contributed by atoms with E-state index in [-0.39, 0.29) is 11.7 Å². The number of likely N-dealkylation sites (N-methyl/N-ethyl adjacent to an activating group) is 1. The number of nitrogens with zero attached hydrogens (tertiary/aromatic N) is 4. The summed E-state index contributed by atoms with van der Waals surface area (Å²) in [5.41, 5.74) is 1.88. The summed E-state index contributed by atoms with van der Waals surface area (Å²) in [6.07, 6.45) is 1.60. The molecule has 0 aliphatic heterocycles. The minimum Gasteiger partial charge on any atom is -0.461 e. The van der Waals surface area contributed by atoms with Crippen LogP contribution in [0.15, 0.2) is 70.5 Å². The maximum Gasteiger partial charge on any atom is 0.233 e. The van der Waals surface area contributed by atoms with E-state index in [1.165, 1.54) is 11.8 Å². The highest BCUT2D eigenvalue weighted by Crippen LogP contribution is 2.28. The quantitative estimate of drug-likeness (QED) is 0.434. The van der Waals surface area contributed by atoms with Gasteiger partial charge in [-0.3, -0.25) is 9.36 Å². The third kappa shape index (κ3) is 4.49. The highest BCUT2D eigenvalue weighted by Gasteiger charge is 2.20. The molecule has 2 heterocycles. The summed E-state index contributed by atoms with van der Waals surface area (Å²) in [5.74, 6) is 1.56. The molecule has 0 bridgehead atoms. The van der Waals surface area contributed by atoms with Crippen LogP contribution in [0.2, 0.25) is 0 Å². The molecular weight excluding hydrogens is 360 g/mol. The van der Waals surface area contributed by atoms with Crippen LogP contribution in [0, 0.1) is 0 Å². The van der Waals surface area contributed by atoms with Crippen molar-refractivity contribution in [3.8, 4) is 17.3 Å². The fourth-order valence-corrected chi connectivity index (χ4v) is 3.51. The minimum absolute atomic E-state index is 0.0488. The zero-order valence-corrected chi connectivity index (χ0v) is 16.3. The largest absolute Gasteiger partial charge is 0.461 e. The second-order valence-electron chi connectivity index (χ2n) is 6.11. The van der Waals surface area contributed by atoms with E-state index in [9.17, 15) is 4.79 Å². The van der Waals surface area contributed by atoms with Gasteiger partial charge in [-0.15, -0.1) is 10.2 Å². The Labute approximate surface area is 162 Å². The van der Waals surface area contributed by atoms with E-state index in [0.29, 0.717) is 29.8 Å². The molecule has 0 aliphatic rings. The van der Waals surface area contributed by atoms with Crippen LogP contribution in [0.4, 0.5) is 0 Å². The monoisotopic (exact) mass is 382 g/mol. The highest BCUT2D eigenvalue weighted by molar-refractivity contribution is 7.99. The molecule has 1 amide bonds. The second-order valence-corrected chi connectivity index (χ2v) is 7.05. The minimum atomic E-state index is 0.0488. The molecule has 2 aromatic heterocycles. The SMILES string of the molecule is C=C(C)CN(CC)C(=O)CSc1nnc(-c2ccco2)n1-c1ccccc1. The summed E-state index contributed by atoms with van der Waals surface area (Å²) >= 11 is 1.37. The molecule has 0 radical (unpaired) electrons. The zero-order valence-electron chi connectivity index (χ0n) is 15.5. The molecule has 140 valence electrons. The van der Waals surface area contributed by atoms with Crippen molar-refractivity contribution in [2.24, 2.45) is 0 Å². The Morgan fingerprint density at radius 3 is 2.63 bits per heavy atom. The number of rotatable bonds is 8. The lowest BCUT2D eigenvalue weighted by Gasteiger charge is -2.20. The number of hydrogen-bond acceptors (Lipinski definition) is 5. The molecule has 0 atom stereocenters. The first kappa shape index (κ1) is 19.0. The van der Waals surface area contributed by atoms with Crippen LogP contribution in [-0.4, -0.2) is 44.4 Å². The predicted octanol–water partition coefficient (Wildman–Crippen LogP) is 4.04. The van der Waals surface area contributed by atoms with Crippen LogP contribution in [0.25, 0.3) is 17.3 Å². The molecule has 7 heteroatoms. The first-order valence-corrected chi connectivity index (χ1v) is 9.68. The number of carbonyl (C=O) groups excluding carboxylic acids is 1. The molecule has 0 N–H and O–H groups in total. The average molecular weight is 382 g/mol. The fraction of sp³-hybridized carbons (Fsp3) is 0.250. The van der Waals surface area contributed by atoms with Gasteiger partial charge in [-0.1, -0.05) is 42.1 Å². The van der Waals surface area contributed by atoms with Crippen LogP contribution in [-0.2, 0) is 4.79 Å². The van der Waals surface area contributed by atoms with Gasteiger partial charge in [0.05, 0.1) is 12.0 Å². The number of para-hydroxylation sites is 1. The lowest BCUT2D eigenvalue weighted by atomic mass is 10.3. The summed E-state index contributed by atoms with van der Waals surface area (Å²) < 4.78 is 7.41. The van der Waals surface area contributed by atoms with E-state index in [0.717, 1.165) is 11.3 Å². The van der Waals surface area contributed by atoms with Gasteiger partial charge >= 0.3 is 0 Å². The van der Waals surface area contributed by atoms with Gasteiger partial charge in [-0.25, -0.2) is 0 Å². The van der Waals surface area contributed by atoms with Gasteiger partial charge < -0.3 is 9.32 Å². The lowest BCUT2D eigenvalue weighted by Crippen LogP contribution is -2.33. The van der Waals surface area contributed by atoms with Crippen molar-refractivity contribution in [2.75, 3.05) is 18.8 Å². The number of benzene rings is 1. The van der Waals surface area contributed by atoms with E-state index in [4.69, 9.17) is 4.42 Å². The number of hydrogen-bond donors (Lipinski definition) is 0. The first-order valence-electron chi connectivity index (χ1n) is 8.69. The molecule has 0 saturated heterocycles. The van der Waals surface area contributed by atoms with Crippen molar-refractivity contribution in [2.45, 2.75) is 19.0 Å². The molecule has 1 aromatic carbocycles. The number of thioether (sulfide) groups is 1. The molecule has 0 fully saturated rings. The molecular formula is C20H22N4O2S. The average Bonchev–Trinajstić information content (AvgIpc) is 3.34. The molecule has 0 unspecified atom stereocenters. The second kappa shape index (κ2) is 8.73. The molecule has 0 spiro atoms. The highest BCUT2D eigenvalue weighted by atomic mass is 32.2. The fourth-order valence-electron chi connectivity index (χ4n) is 2.66. The maximum atomic E-state index is 12.6. The third-order valence-corrected chi connectivity index (χ3v) is 4.82. The Kier molecular flexibility index (Phi) is 6.13. The maximum absolute atomic E-state index is 12.6. The number of amides is 1. The van der Waals surface area contributed by atoms with Crippen molar-refractivity contribution < 1.29 is 9.21 Å². The van der Waals surface area contributed by atoms with Gasteiger partial charge in [0, 0.05) is 18.8 Å². The number of furan rings is 1. The van der Waals surface area contributed by atoms with Crippen molar-refractivity contribution in [1.29, 1.82) is 0 Å². The first-order chi connectivity index (χ1) is 13.1. The van der Waals surface area contributed by atoms with Crippen molar-refractivity contribution in [3.63, 3.8) is 0 Å². The Morgan fingerprint density at radius 2 is 2.00 bits per heavy atom. The van der Waals surface area contributed by atoms with E-state index < -0.39 is 0 Å². The van der Waals surface area contributed by atoms with Gasteiger partial charge in [0.25, 0.3) is 0 Å². The van der Waals surface area contributed by atoms with E-state index >= 15 is 0 Å². The van der Waals surface area contributed by atoms with Crippen molar-refractivity contribution in [1.82, 2.24) is 19.7 Å². The molecule has 3 aromatic rings. The van der Waals surface area contributed by atoms with Gasteiger partial charge in [0.15, 0.2) is 10.9 Å². The predicted molar refractivity (Wildman–Crippen MR) is 107 cm³/mol. The van der Waals surface area contributed by atoms with Gasteiger partial charge in [0.2, 0.25) is 11.7 Å². The molecule has 6 nitrogen and oxygen atoms in total. The molecule has 0 aliphatic carbocycles. The van der Waals surface area contributed by atoms with Crippen LogP contribution in [0.3, 0.4) is 0 Å². The molecule has 0 saturated carbocycles. The van der Waals surface area contributed by atoms with Crippen molar-refractivity contribution in [3.05, 3.63) is 60.9 Å². The van der Waals surface area contributed by atoms with Crippen LogP contribution >= 0.6 is 11.8 Å². The molecule has 3 rings (SSSR count). The van der Waals surface area contributed by atoms with Crippen molar-refractivity contribution >= 4 is 17.7 Å². The normalized spacial score (nSPS) is 10.7. The van der Waals surface area contributed by atoms with E-state index in [1.807, 2.05) is 60.9 Å². The Hall–Kier alpha value is -2.80. The van der Waals surface area contributed by atoms with Gasteiger partial charge in [-0.2, -0.15) is 0 Å². The standard InChI is InChI=1S/C20H22N4O2S/c1-4-23(13-15(2)3)18(25)14-27-20-22-21-19(17-11-8-12-26-17)24(20)16-9-6-5-7-10-16/h5-12H,2,4,13-14H2,1,3H3. The zero-order chi connectivity index (χ0) is 19.2.